The topological polar surface area (TPSA) is 70.4 Å². The molecule has 0 N–H and O–H groups in total. The Bertz CT molecular complexity index is 1040. The summed E-state index contributed by atoms with van der Waals surface area (Å²) >= 11 is 1.19. The quantitative estimate of drug-likeness (QED) is 0.315. The third kappa shape index (κ3) is 5.23. The molecule has 2 aromatic carbocycles. The lowest BCUT2D eigenvalue weighted by Gasteiger charge is -2.11. The first-order valence-electron chi connectivity index (χ1n) is 8.73. The van der Waals surface area contributed by atoms with Crippen molar-refractivity contribution in [3.05, 3.63) is 71.8 Å². The minimum atomic E-state index is -0.445. The monoisotopic (exact) mass is 414 g/mol. The van der Waals surface area contributed by atoms with Gasteiger partial charge in [-0.25, -0.2) is 9.37 Å². The number of benzene rings is 2. The van der Waals surface area contributed by atoms with Crippen molar-refractivity contribution < 1.29 is 23.5 Å². The average molecular weight is 414 g/mol. The van der Waals surface area contributed by atoms with Gasteiger partial charge >= 0.3 is 5.97 Å². The number of ether oxygens (including phenoxy) is 2. The number of rotatable bonds is 8. The Kier molecular flexibility index (Phi) is 6.66. The lowest BCUT2D eigenvalue weighted by molar-refractivity contribution is -0.141. The number of esters is 1. The number of hydrogen-bond donors (Lipinski definition) is 0. The van der Waals surface area contributed by atoms with E-state index >= 15 is 0 Å². The molecule has 0 aliphatic rings. The average Bonchev–Trinajstić information content (AvgIpc) is 3.19. The Labute approximate surface area is 171 Å². The van der Waals surface area contributed by atoms with Crippen LogP contribution in [0.5, 0.6) is 5.75 Å². The zero-order chi connectivity index (χ0) is 20.8. The van der Waals surface area contributed by atoms with E-state index in [4.69, 9.17) is 9.47 Å². The van der Waals surface area contributed by atoms with Crippen LogP contribution in [0.15, 0.2) is 60.0 Å². The van der Waals surface area contributed by atoms with Crippen molar-refractivity contribution in [1.29, 1.82) is 0 Å². The number of methoxy groups -OCH3 is 1. The molecule has 0 unspecified atom stereocenters. The van der Waals surface area contributed by atoms with Gasteiger partial charge in [0.15, 0.2) is 10.9 Å². The fourth-order valence-electron chi connectivity index (χ4n) is 2.65. The highest BCUT2D eigenvalue weighted by Gasteiger charge is 2.13. The predicted molar refractivity (Wildman–Crippen MR) is 107 cm³/mol. The van der Waals surface area contributed by atoms with Crippen LogP contribution in [0.3, 0.4) is 0 Å². The number of imidazole rings is 1. The lowest BCUT2D eigenvalue weighted by Crippen LogP contribution is -2.09. The zero-order valence-electron chi connectivity index (χ0n) is 15.9. The number of carbonyl (C=O) groups excluding carboxylic acids is 2. The fourth-order valence-corrected chi connectivity index (χ4v) is 3.42. The molecule has 1 aromatic heterocycles. The summed E-state index contributed by atoms with van der Waals surface area (Å²) in [6.07, 6.45) is 3.28. The Hall–Kier alpha value is -3.13. The van der Waals surface area contributed by atoms with Gasteiger partial charge in [0.05, 0.1) is 18.6 Å². The van der Waals surface area contributed by atoms with E-state index in [9.17, 15) is 14.0 Å². The number of thioether (sulfide) groups is 1. The number of ketones is 1. The molecule has 0 atom stereocenters. The second kappa shape index (κ2) is 9.38. The zero-order valence-corrected chi connectivity index (χ0v) is 16.7. The molecule has 0 bridgehead atoms. The second-order valence-corrected chi connectivity index (χ2v) is 7.03. The van der Waals surface area contributed by atoms with Gasteiger partial charge in [0, 0.05) is 23.5 Å². The fraction of sp³-hybridized carbons (Fsp3) is 0.190. The Morgan fingerprint density at radius 3 is 2.76 bits per heavy atom. The maximum atomic E-state index is 13.5. The van der Waals surface area contributed by atoms with Crippen molar-refractivity contribution in [3.63, 3.8) is 0 Å². The highest BCUT2D eigenvalue weighted by molar-refractivity contribution is 7.99. The molecule has 6 nitrogen and oxygen atoms in total. The maximum Gasteiger partial charge on any atom is 0.316 e. The SMILES string of the molecule is COc1ccc(C(C)=O)cc1COC(=O)CSc1nccn1-c1cccc(F)c1. The molecule has 0 aliphatic heterocycles. The van der Waals surface area contributed by atoms with E-state index in [1.165, 1.54) is 37.9 Å². The third-order valence-corrected chi connectivity index (χ3v) is 5.03. The summed E-state index contributed by atoms with van der Waals surface area (Å²) in [7, 11) is 1.51. The van der Waals surface area contributed by atoms with E-state index in [0.717, 1.165) is 0 Å². The predicted octanol–water partition coefficient (Wildman–Crippen LogP) is 4.06. The molecule has 0 radical (unpaired) electrons. The molecule has 0 spiro atoms. The van der Waals surface area contributed by atoms with Gasteiger partial charge in [0.25, 0.3) is 0 Å². The number of aromatic nitrogens is 2. The van der Waals surface area contributed by atoms with Crippen LogP contribution in [0, 0.1) is 5.82 Å². The molecule has 0 amide bonds. The third-order valence-electron chi connectivity index (χ3n) is 4.09. The number of hydrogen-bond acceptors (Lipinski definition) is 6. The first-order chi connectivity index (χ1) is 14.0. The van der Waals surface area contributed by atoms with Gasteiger partial charge in [-0.3, -0.25) is 14.2 Å². The van der Waals surface area contributed by atoms with Gasteiger partial charge in [-0.05, 0) is 43.3 Å². The summed E-state index contributed by atoms with van der Waals surface area (Å²) in [4.78, 5) is 27.9. The summed E-state index contributed by atoms with van der Waals surface area (Å²) in [5, 5.41) is 0.545. The second-order valence-electron chi connectivity index (χ2n) is 6.09. The van der Waals surface area contributed by atoms with Crippen molar-refractivity contribution in [2.24, 2.45) is 0 Å². The van der Waals surface area contributed by atoms with Gasteiger partial charge in [0.1, 0.15) is 18.2 Å². The first-order valence-corrected chi connectivity index (χ1v) is 9.72. The van der Waals surface area contributed by atoms with Crippen molar-refractivity contribution in [2.45, 2.75) is 18.7 Å². The van der Waals surface area contributed by atoms with Crippen LogP contribution in [0.4, 0.5) is 4.39 Å². The van der Waals surface area contributed by atoms with E-state index < -0.39 is 5.97 Å². The van der Waals surface area contributed by atoms with Crippen LogP contribution in [-0.2, 0) is 16.1 Å². The largest absolute Gasteiger partial charge is 0.496 e. The van der Waals surface area contributed by atoms with Gasteiger partial charge in [-0.15, -0.1) is 0 Å². The molecule has 0 saturated heterocycles. The number of nitrogens with zero attached hydrogens (tertiary/aromatic N) is 2. The summed E-state index contributed by atoms with van der Waals surface area (Å²) < 4.78 is 25.7. The molecule has 8 heteroatoms. The molecule has 29 heavy (non-hydrogen) atoms. The van der Waals surface area contributed by atoms with E-state index in [1.807, 2.05) is 0 Å². The smallest absolute Gasteiger partial charge is 0.316 e. The van der Waals surface area contributed by atoms with Gasteiger partial charge in [-0.1, -0.05) is 17.8 Å². The van der Waals surface area contributed by atoms with E-state index in [2.05, 4.69) is 4.98 Å². The number of Topliss-reactive ketones (excluding diaryl/α,β-unsaturated/α-hetero) is 1. The van der Waals surface area contributed by atoms with Gasteiger partial charge < -0.3 is 9.47 Å². The molecule has 0 aliphatic carbocycles. The lowest BCUT2D eigenvalue weighted by atomic mass is 10.1. The molecule has 1 heterocycles. The summed E-state index contributed by atoms with van der Waals surface area (Å²) in [6, 6.07) is 11.1. The molecular weight excluding hydrogens is 395 g/mol. The van der Waals surface area contributed by atoms with Gasteiger partial charge in [0.2, 0.25) is 0 Å². The number of halogens is 1. The molecule has 150 valence electrons. The summed E-state index contributed by atoms with van der Waals surface area (Å²) in [5.41, 5.74) is 1.74. The Balaban J connectivity index is 1.61. The van der Waals surface area contributed by atoms with Crippen molar-refractivity contribution >= 4 is 23.5 Å². The molecule has 0 fully saturated rings. The van der Waals surface area contributed by atoms with Crippen LogP contribution in [0.1, 0.15) is 22.8 Å². The molecule has 3 aromatic rings. The van der Waals surface area contributed by atoms with E-state index in [-0.39, 0.29) is 24.0 Å². The molecular formula is C21H19FN2O4S. The van der Waals surface area contributed by atoms with E-state index in [0.29, 0.717) is 27.7 Å². The minimum Gasteiger partial charge on any atom is -0.496 e. The van der Waals surface area contributed by atoms with Crippen LogP contribution in [-0.4, -0.2) is 34.2 Å². The number of carbonyl (C=O) groups is 2. The van der Waals surface area contributed by atoms with Gasteiger partial charge in [-0.2, -0.15) is 0 Å². The maximum absolute atomic E-state index is 13.5. The van der Waals surface area contributed by atoms with Crippen LogP contribution in [0.25, 0.3) is 5.69 Å². The van der Waals surface area contributed by atoms with Crippen LogP contribution >= 0.6 is 11.8 Å². The van der Waals surface area contributed by atoms with Crippen molar-refractivity contribution in [3.8, 4) is 11.4 Å². The van der Waals surface area contributed by atoms with Crippen LogP contribution < -0.4 is 4.74 Å². The van der Waals surface area contributed by atoms with Crippen molar-refractivity contribution in [2.75, 3.05) is 12.9 Å². The summed E-state index contributed by atoms with van der Waals surface area (Å²) in [5.74, 6) is -0.314. The minimum absolute atomic E-state index is 0.0119. The standard InChI is InChI=1S/C21H19FN2O4S/c1-14(25)15-6-7-19(27-2)16(10-15)12-28-20(26)13-29-21-23-8-9-24(21)18-5-3-4-17(22)11-18/h3-11H,12-13H2,1-2H3. The molecule has 3 rings (SSSR count). The van der Waals surface area contributed by atoms with Crippen LogP contribution in [0.2, 0.25) is 0 Å². The first kappa shape index (κ1) is 20.6. The van der Waals surface area contributed by atoms with E-state index in [1.54, 1.807) is 47.3 Å². The molecule has 0 saturated carbocycles. The highest BCUT2D eigenvalue weighted by Crippen LogP contribution is 2.23. The normalized spacial score (nSPS) is 10.6. The Morgan fingerprint density at radius 1 is 1.21 bits per heavy atom. The summed E-state index contributed by atoms with van der Waals surface area (Å²) in [6.45, 7) is 1.46. The Morgan fingerprint density at radius 2 is 2.03 bits per heavy atom. The van der Waals surface area contributed by atoms with Crippen molar-refractivity contribution in [1.82, 2.24) is 9.55 Å². The highest BCUT2D eigenvalue weighted by atomic mass is 32.2.